The summed E-state index contributed by atoms with van der Waals surface area (Å²) in [7, 11) is 1.68. The van der Waals surface area contributed by atoms with E-state index in [0.717, 1.165) is 33.4 Å². The molecule has 2 aromatic carbocycles. The number of ether oxygens (including phenoxy) is 1. The predicted octanol–water partition coefficient (Wildman–Crippen LogP) is 4.62. The molecule has 4 heteroatoms. The Bertz CT molecular complexity index is 774. The van der Waals surface area contributed by atoms with Gasteiger partial charge in [0.1, 0.15) is 11.6 Å². The summed E-state index contributed by atoms with van der Waals surface area (Å²) in [6, 6.07) is 16.2. The molecule has 3 nitrogen and oxygen atoms in total. The van der Waals surface area contributed by atoms with Crippen molar-refractivity contribution in [3.8, 4) is 5.75 Å². The molecule has 0 saturated carbocycles. The number of rotatable bonds is 4. The summed E-state index contributed by atoms with van der Waals surface area (Å²) in [5, 5.41) is 5.52. The number of halogens is 1. The van der Waals surface area contributed by atoms with E-state index >= 15 is 0 Å². The largest absolute Gasteiger partial charge is 0.496 e. The molecule has 0 radical (unpaired) electrons. The third kappa shape index (κ3) is 3.00. The molecule has 21 heavy (non-hydrogen) atoms. The minimum absolute atomic E-state index is 0.725. The predicted molar refractivity (Wildman–Crippen MR) is 89.8 cm³/mol. The van der Waals surface area contributed by atoms with Gasteiger partial charge in [-0.15, -0.1) is 0 Å². The highest BCUT2D eigenvalue weighted by Crippen LogP contribution is 2.29. The lowest BCUT2D eigenvalue weighted by atomic mass is 10.1. The molecule has 0 aliphatic heterocycles. The van der Waals surface area contributed by atoms with Crippen LogP contribution in [0.2, 0.25) is 0 Å². The molecular formula is C17H15BrN2O. The van der Waals surface area contributed by atoms with Crippen LogP contribution < -0.4 is 10.1 Å². The van der Waals surface area contributed by atoms with Crippen LogP contribution in [0.15, 0.2) is 59.2 Å². The van der Waals surface area contributed by atoms with E-state index in [4.69, 9.17) is 4.74 Å². The average molecular weight is 343 g/mol. The maximum absolute atomic E-state index is 5.40. The number of hydrogen-bond acceptors (Lipinski definition) is 3. The van der Waals surface area contributed by atoms with Crippen LogP contribution in [0.25, 0.3) is 10.8 Å². The van der Waals surface area contributed by atoms with Crippen LogP contribution in [-0.2, 0) is 6.54 Å². The summed E-state index contributed by atoms with van der Waals surface area (Å²) < 4.78 is 6.48. The van der Waals surface area contributed by atoms with Crippen LogP contribution in [0.4, 0.5) is 5.82 Å². The fraction of sp³-hybridized carbons (Fsp3) is 0.118. The Morgan fingerprint density at radius 3 is 2.76 bits per heavy atom. The van der Waals surface area contributed by atoms with E-state index in [1.54, 1.807) is 13.3 Å². The Morgan fingerprint density at radius 2 is 1.95 bits per heavy atom. The van der Waals surface area contributed by atoms with Gasteiger partial charge in [0, 0.05) is 28.0 Å². The first-order valence-electron chi connectivity index (χ1n) is 6.68. The molecule has 0 aliphatic carbocycles. The lowest BCUT2D eigenvalue weighted by molar-refractivity contribution is 0.420. The highest BCUT2D eigenvalue weighted by molar-refractivity contribution is 9.10. The van der Waals surface area contributed by atoms with Crippen LogP contribution in [0.1, 0.15) is 5.56 Å². The summed E-state index contributed by atoms with van der Waals surface area (Å²) in [6.07, 6.45) is 1.80. The minimum Gasteiger partial charge on any atom is -0.496 e. The zero-order valence-electron chi connectivity index (χ0n) is 11.6. The van der Waals surface area contributed by atoms with E-state index < -0.39 is 0 Å². The summed E-state index contributed by atoms with van der Waals surface area (Å²) in [4.78, 5) is 4.44. The maximum Gasteiger partial charge on any atom is 0.134 e. The summed E-state index contributed by atoms with van der Waals surface area (Å²) >= 11 is 3.49. The number of methoxy groups -OCH3 is 1. The monoisotopic (exact) mass is 342 g/mol. The molecule has 3 rings (SSSR count). The van der Waals surface area contributed by atoms with E-state index in [1.807, 2.05) is 36.4 Å². The quantitative estimate of drug-likeness (QED) is 0.751. The van der Waals surface area contributed by atoms with Gasteiger partial charge in [-0.2, -0.15) is 0 Å². The van der Waals surface area contributed by atoms with E-state index in [0.29, 0.717) is 0 Å². The number of benzene rings is 2. The van der Waals surface area contributed by atoms with Crippen molar-refractivity contribution in [3.05, 3.63) is 64.8 Å². The summed E-state index contributed by atoms with van der Waals surface area (Å²) in [5.74, 6) is 1.73. The highest BCUT2D eigenvalue weighted by Gasteiger charge is 2.06. The van der Waals surface area contributed by atoms with E-state index in [1.165, 1.54) is 5.56 Å². The van der Waals surface area contributed by atoms with Gasteiger partial charge in [-0.3, -0.25) is 0 Å². The minimum atomic E-state index is 0.725. The second-order valence-corrected chi connectivity index (χ2v) is 5.61. The highest BCUT2D eigenvalue weighted by atomic mass is 79.9. The zero-order chi connectivity index (χ0) is 14.7. The molecule has 0 bridgehead atoms. The number of fused-ring (bicyclic) bond motifs is 1. The van der Waals surface area contributed by atoms with Crippen molar-refractivity contribution >= 4 is 32.5 Å². The third-order valence-corrected chi connectivity index (χ3v) is 3.83. The van der Waals surface area contributed by atoms with Crippen molar-refractivity contribution in [2.75, 3.05) is 12.4 Å². The van der Waals surface area contributed by atoms with Gasteiger partial charge < -0.3 is 10.1 Å². The van der Waals surface area contributed by atoms with Crippen LogP contribution >= 0.6 is 15.9 Å². The number of aromatic nitrogens is 1. The van der Waals surface area contributed by atoms with Crippen LogP contribution in [0, 0.1) is 0 Å². The number of nitrogens with one attached hydrogen (secondary N) is 1. The van der Waals surface area contributed by atoms with E-state index in [2.05, 4.69) is 38.4 Å². The first kappa shape index (κ1) is 13.9. The lowest BCUT2D eigenvalue weighted by Gasteiger charge is -2.11. The fourth-order valence-electron chi connectivity index (χ4n) is 2.33. The van der Waals surface area contributed by atoms with Crippen LogP contribution in [0.5, 0.6) is 5.75 Å². The number of pyridine rings is 1. The van der Waals surface area contributed by atoms with Gasteiger partial charge in [-0.25, -0.2) is 4.98 Å². The molecule has 1 heterocycles. The van der Waals surface area contributed by atoms with E-state index in [9.17, 15) is 0 Å². The first-order chi connectivity index (χ1) is 10.3. The van der Waals surface area contributed by atoms with Gasteiger partial charge in [-0.1, -0.05) is 40.2 Å². The molecule has 1 N–H and O–H groups in total. The molecule has 0 saturated heterocycles. The molecule has 0 unspecified atom stereocenters. The van der Waals surface area contributed by atoms with Gasteiger partial charge in [-0.05, 0) is 29.8 Å². The van der Waals surface area contributed by atoms with Gasteiger partial charge in [0.15, 0.2) is 0 Å². The number of anilines is 1. The average Bonchev–Trinajstić information content (AvgIpc) is 2.52. The van der Waals surface area contributed by atoms with Gasteiger partial charge in [0.25, 0.3) is 0 Å². The molecule has 106 valence electrons. The molecule has 0 amide bonds. The second kappa shape index (κ2) is 6.14. The molecule has 3 aromatic rings. The standard InChI is InChI=1S/C17H15BrN2O/c1-21-16-7-3-6-15-14(16)8-9-19-17(15)20-11-12-4-2-5-13(18)10-12/h2-10H,11H2,1H3,(H,19,20). The first-order valence-corrected chi connectivity index (χ1v) is 7.47. The lowest BCUT2D eigenvalue weighted by Crippen LogP contribution is -2.02. The van der Waals surface area contributed by atoms with Crippen LogP contribution in [-0.4, -0.2) is 12.1 Å². The van der Waals surface area contributed by atoms with Crippen molar-refractivity contribution in [1.29, 1.82) is 0 Å². The number of hydrogen-bond donors (Lipinski definition) is 1. The third-order valence-electron chi connectivity index (χ3n) is 3.33. The van der Waals surface area contributed by atoms with Crippen molar-refractivity contribution in [2.45, 2.75) is 6.54 Å². The SMILES string of the molecule is COc1cccc2c(NCc3cccc(Br)c3)nccc12. The van der Waals surface area contributed by atoms with Crippen LogP contribution in [0.3, 0.4) is 0 Å². The Balaban J connectivity index is 1.91. The Hall–Kier alpha value is -2.07. The summed E-state index contributed by atoms with van der Waals surface area (Å²) in [6.45, 7) is 0.725. The Morgan fingerprint density at radius 1 is 1.10 bits per heavy atom. The van der Waals surface area contributed by atoms with Crippen molar-refractivity contribution < 1.29 is 4.74 Å². The zero-order valence-corrected chi connectivity index (χ0v) is 13.2. The Labute approximate surface area is 132 Å². The molecule has 1 aromatic heterocycles. The molecular weight excluding hydrogens is 328 g/mol. The topological polar surface area (TPSA) is 34.1 Å². The Kier molecular flexibility index (Phi) is 4.06. The van der Waals surface area contributed by atoms with Crippen molar-refractivity contribution in [2.24, 2.45) is 0 Å². The fourth-order valence-corrected chi connectivity index (χ4v) is 2.78. The normalized spacial score (nSPS) is 10.6. The van der Waals surface area contributed by atoms with E-state index in [-0.39, 0.29) is 0 Å². The summed E-state index contributed by atoms with van der Waals surface area (Å²) in [5.41, 5.74) is 1.20. The molecule has 0 atom stereocenters. The maximum atomic E-state index is 5.40. The van der Waals surface area contributed by atoms with Gasteiger partial charge >= 0.3 is 0 Å². The second-order valence-electron chi connectivity index (χ2n) is 4.70. The molecule has 0 aliphatic rings. The molecule has 0 spiro atoms. The molecule has 0 fully saturated rings. The van der Waals surface area contributed by atoms with Gasteiger partial charge in [0.2, 0.25) is 0 Å². The smallest absolute Gasteiger partial charge is 0.134 e. The van der Waals surface area contributed by atoms with Gasteiger partial charge in [0.05, 0.1) is 7.11 Å². The van der Waals surface area contributed by atoms with Crippen molar-refractivity contribution in [1.82, 2.24) is 4.98 Å². The van der Waals surface area contributed by atoms with Crippen molar-refractivity contribution in [3.63, 3.8) is 0 Å². The number of nitrogens with zero attached hydrogens (tertiary/aromatic N) is 1.